The van der Waals surface area contributed by atoms with Crippen molar-refractivity contribution < 1.29 is 9.53 Å². The molecule has 1 aliphatic rings. The van der Waals surface area contributed by atoms with Crippen LogP contribution in [0.4, 0.5) is 0 Å². The van der Waals surface area contributed by atoms with Crippen LogP contribution in [0.2, 0.25) is 0 Å². The summed E-state index contributed by atoms with van der Waals surface area (Å²) in [6, 6.07) is 0. The van der Waals surface area contributed by atoms with Gasteiger partial charge >= 0.3 is 0 Å². The number of morpholine rings is 1. The predicted molar refractivity (Wildman–Crippen MR) is 47.1 cm³/mol. The molecule has 1 saturated heterocycles. The van der Waals surface area contributed by atoms with Gasteiger partial charge in [-0.3, -0.25) is 4.90 Å². The Morgan fingerprint density at radius 3 is 2.75 bits per heavy atom. The summed E-state index contributed by atoms with van der Waals surface area (Å²) in [6.07, 6.45) is 1.25. The number of nitrogens with zero attached hydrogens (tertiary/aromatic N) is 1. The third kappa shape index (κ3) is 2.05. The lowest BCUT2D eigenvalue weighted by atomic mass is 10.0. The van der Waals surface area contributed by atoms with E-state index in [9.17, 15) is 4.79 Å². The number of ether oxygens (including phenoxy) is 1. The smallest absolute Gasteiger partial charge is 0.139 e. The van der Waals surface area contributed by atoms with Gasteiger partial charge in [0.2, 0.25) is 0 Å². The number of carbonyl (C=O) groups excluding carboxylic acids is 1. The van der Waals surface area contributed by atoms with Crippen molar-refractivity contribution in [2.75, 3.05) is 19.7 Å². The highest BCUT2D eigenvalue weighted by atomic mass is 16.5. The van der Waals surface area contributed by atoms with Crippen molar-refractivity contribution >= 4 is 6.29 Å². The van der Waals surface area contributed by atoms with Crippen molar-refractivity contribution in [1.29, 1.82) is 0 Å². The molecule has 3 nitrogen and oxygen atoms in total. The van der Waals surface area contributed by atoms with E-state index in [2.05, 4.69) is 4.90 Å². The summed E-state index contributed by atoms with van der Waals surface area (Å²) in [5.74, 6) is 0. The van der Waals surface area contributed by atoms with Gasteiger partial charge in [-0.15, -0.1) is 0 Å². The van der Waals surface area contributed by atoms with E-state index in [1.165, 1.54) is 0 Å². The maximum Gasteiger partial charge on any atom is 0.139 e. The minimum Gasteiger partial charge on any atom is -0.376 e. The zero-order valence-electron chi connectivity index (χ0n) is 8.04. The molecule has 0 aromatic carbocycles. The second kappa shape index (κ2) is 3.54. The zero-order chi connectivity index (χ0) is 9.19. The lowest BCUT2D eigenvalue weighted by molar-refractivity contribution is -0.122. The van der Waals surface area contributed by atoms with Gasteiger partial charge in [-0.05, 0) is 20.8 Å². The molecule has 0 spiro atoms. The van der Waals surface area contributed by atoms with Gasteiger partial charge in [-0.1, -0.05) is 0 Å². The first-order valence-corrected chi connectivity index (χ1v) is 4.39. The molecule has 0 amide bonds. The van der Waals surface area contributed by atoms with E-state index in [1.54, 1.807) is 0 Å². The van der Waals surface area contributed by atoms with Crippen LogP contribution in [0.25, 0.3) is 0 Å². The molecule has 3 heteroatoms. The van der Waals surface area contributed by atoms with Crippen molar-refractivity contribution in [2.45, 2.75) is 32.4 Å². The monoisotopic (exact) mass is 171 g/mol. The summed E-state index contributed by atoms with van der Waals surface area (Å²) in [7, 11) is 0. The fraction of sp³-hybridized carbons (Fsp3) is 0.889. The normalized spacial score (nSPS) is 27.1. The van der Waals surface area contributed by atoms with Crippen molar-refractivity contribution in [3.05, 3.63) is 0 Å². The lowest BCUT2D eigenvalue weighted by Crippen LogP contribution is -2.53. The van der Waals surface area contributed by atoms with E-state index in [1.807, 2.05) is 20.8 Å². The zero-order valence-corrected chi connectivity index (χ0v) is 8.04. The number of rotatable bonds is 2. The Labute approximate surface area is 73.7 Å². The molecule has 0 aromatic rings. The minimum atomic E-state index is -0.335. The van der Waals surface area contributed by atoms with Crippen LogP contribution < -0.4 is 0 Å². The fourth-order valence-corrected chi connectivity index (χ4v) is 1.42. The summed E-state index contributed by atoms with van der Waals surface area (Å²) in [5, 5.41) is 0. The second-order valence-electron chi connectivity index (χ2n) is 3.90. The van der Waals surface area contributed by atoms with Gasteiger partial charge in [0.1, 0.15) is 6.29 Å². The van der Waals surface area contributed by atoms with Gasteiger partial charge in [-0.2, -0.15) is 0 Å². The van der Waals surface area contributed by atoms with Gasteiger partial charge in [-0.25, -0.2) is 0 Å². The Morgan fingerprint density at radius 2 is 2.25 bits per heavy atom. The van der Waals surface area contributed by atoms with Crippen molar-refractivity contribution in [3.63, 3.8) is 0 Å². The third-order valence-electron chi connectivity index (χ3n) is 2.34. The highest BCUT2D eigenvalue weighted by Crippen LogP contribution is 2.15. The molecule has 0 aromatic heterocycles. The number of hydrogen-bond donors (Lipinski definition) is 0. The second-order valence-corrected chi connectivity index (χ2v) is 3.90. The Bertz CT molecular complexity index is 168. The lowest BCUT2D eigenvalue weighted by Gasteiger charge is -2.39. The molecule has 70 valence electrons. The Morgan fingerprint density at radius 1 is 1.58 bits per heavy atom. The summed E-state index contributed by atoms with van der Waals surface area (Å²) in [4.78, 5) is 12.9. The molecular weight excluding hydrogens is 154 g/mol. The van der Waals surface area contributed by atoms with E-state index in [0.717, 1.165) is 26.0 Å². The van der Waals surface area contributed by atoms with Gasteiger partial charge in [0.05, 0.1) is 18.2 Å². The molecule has 12 heavy (non-hydrogen) atoms. The van der Waals surface area contributed by atoms with Gasteiger partial charge in [0.15, 0.2) is 0 Å². The van der Waals surface area contributed by atoms with E-state index in [0.29, 0.717) is 0 Å². The minimum absolute atomic E-state index is 0.248. The molecular formula is C9H17NO2. The molecule has 1 aliphatic heterocycles. The highest BCUT2D eigenvalue weighted by molar-refractivity contribution is 5.62. The number of hydrogen-bond acceptors (Lipinski definition) is 3. The van der Waals surface area contributed by atoms with E-state index in [-0.39, 0.29) is 11.6 Å². The van der Waals surface area contributed by atoms with Crippen molar-refractivity contribution in [1.82, 2.24) is 4.90 Å². The maximum atomic E-state index is 10.8. The Hall–Kier alpha value is -0.410. The molecule has 0 unspecified atom stereocenters. The molecule has 1 fully saturated rings. The van der Waals surface area contributed by atoms with E-state index in [4.69, 9.17) is 4.74 Å². The molecule has 0 N–H and O–H groups in total. The van der Waals surface area contributed by atoms with Crippen LogP contribution in [-0.2, 0) is 9.53 Å². The molecule has 0 aliphatic carbocycles. The highest BCUT2D eigenvalue weighted by Gasteiger charge is 2.29. The topological polar surface area (TPSA) is 29.5 Å². The van der Waals surface area contributed by atoms with E-state index >= 15 is 0 Å². The first kappa shape index (κ1) is 9.68. The SMILES string of the molecule is C[C@H]1CN(C(C)(C)C=O)CCO1. The molecule has 0 saturated carbocycles. The third-order valence-corrected chi connectivity index (χ3v) is 2.34. The summed E-state index contributed by atoms with van der Waals surface area (Å²) in [6.45, 7) is 8.36. The standard InChI is InChI=1S/C9H17NO2/c1-8-6-10(4-5-12-8)9(2,3)7-11/h7-8H,4-6H2,1-3H3/t8-/m0/s1. The van der Waals surface area contributed by atoms with Crippen LogP contribution in [0.3, 0.4) is 0 Å². The quantitative estimate of drug-likeness (QED) is 0.572. The van der Waals surface area contributed by atoms with Gasteiger partial charge < -0.3 is 9.53 Å². The molecule has 0 bridgehead atoms. The van der Waals surface area contributed by atoms with Crippen LogP contribution in [0.5, 0.6) is 0 Å². The molecule has 1 atom stereocenters. The number of carbonyl (C=O) groups is 1. The van der Waals surface area contributed by atoms with Crippen LogP contribution in [0.1, 0.15) is 20.8 Å². The van der Waals surface area contributed by atoms with Gasteiger partial charge in [0, 0.05) is 13.1 Å². The predicted octanol–water partition coefficient (Wildman–Crippen LogP) is 0.685. The molecule has 0 radical (unpaired) electrons. The van der Waals surface area contributed by atoms with Crippen molar-refractivity contribution in [3.8, 4) is 0 Å². The average Bonchev–Trinajstić information content (AvgIpc) is 2.05. The van der Waals surface area contributed by atoms with Crippen molar-refractivity contribution in [2.24, 2.45) is 0 Å². The van der Waals surface area contributed by atoms with Crippen LogP contribution >= 0.6 is 0 Å². The number of aldehydes is 1. The molecule has 1 heterocycles. The fourth-order valence-electron chi connectivity index (χ4n) is 1.42. The van der Waals surface area contributed by atoms with Crippen LogP contribution in [-0.4, -0.2) is 42.5 Å². The molecule has 1 rings (SSSR count). The summed E-state index contributed by atoms with van der Waals surface area (Å²) < 4.78 is 5.39. The first-order chi connectivity index (χ1) is 5.56. The Kier molecular flexibility index (Phi) is 2.85. The maximum absolute atomic E-state index is 10.8. The van der Waals surface area contributed by atoms with Gasteiger partial charge in [0.25, 0.3) is 0 Å². The first-order valence-electron chi connectivity index (χ1n) is 4.39. The Balaban J connectivity index is 2.56. The van der Waals surface area contributed by atoms with Crippen LogP contribution in [0, 0.1) is 0 Å². The largest absolute Gasteiger partial charge is 0.376 e. The van der Waals surface area contributed by atoms with E-state index < -0.39 is 0 Å². The summed E-state index contributed by atoms with van der Waals surface area (Å²) >= 11 is 0. The van der Waals surface area contributed by atoms with Crippen LogP contribution in [0.15, 0.2) is 0 Å². The summed E-state index contributed by atoms with van der Waals surface area (Å²) in [5.41, 5.74) is -0.335. The average molecular weight is 171 g/mol.